The molecule has 1 aliphatic rings. The minimum Gasteiger partial charge on any atom is -0.548 e. The molecule has 0 spiro atoms. The van der Waals surface area contributed by atoms with E-state index in [1.54, 1.807) is 11.8 Å². The number of carboxylic acid groups (broad SMARTS) is 1. The first-order valence-corrected chi connectivity index (χ1v) is 7.79. The van der Waals surface area contributed by atoms with E-state index in [0.29, 0.717) is 12.2 Å². The topological polar surface area (TPSA) is 81.3 Å². The Morgan fingerprint density at radius 3 is 2.56 bits per heavy atom. The molecule has 0 unspecified atom stereocenters. The zero-order chi connectivity index (χ0) is 13.4. The van der Waals surface area contributed by atoms with E-state index in [4.69, 9.17) is 0 Å². The standard InChI is InChI=1S/C12H22N2O3S/c1-18-8-7-10(11(15)16)14-12(17)13-9-5-3-2-4-6-9/h9-10H,2-8H2,1H3,(H,15,16)(H2,13,14,17)/p-1/t10-/m1/s1. The van der Waals surface area contributed by atoms with Crippen LogP contribution in [0.4, 0.5) is 4.79 Å². The van der Waals surface area contributed by atoms with Gasteiger partial charge >= 0.3 is 6.03 Å². The van der Waals surface area contributed by atoms with Crippen LogP contribution in [-0.2, 0) is 4.79 Å². The van der Waals surface area contributed by atoms with Gasteiger partial charge in [-0.1, -0.05) is 19.3 Å². The van der Waals surface area contributed by atoms with E-state index in [-0.39, 0.29) is 6.04 Å². The van der Waals surface area contributed by atoms with Crippen molar-refractivity contribution >= 4 is 23.8 Å². The van der Waals surface area contributed by atoms with E-state index in [0.717, 1.165) is 25.7 Å². The Bertz CT molecular complexity index is 280. The summed E-state index contributed by atoms with van der Waals surface area (Å²) in [5.74, 6) is -0.537. The molecule has 2 N–H and O–H groups in total. The lowest BCUT2D eigenvalue weighted by atomic mass is 9.96. The van der Waals surface area contributed by atoms with Crippen LogP contribution < -0.4 is 15.7 Å². The summed E-state index contributed by atoms with van der Waals surface area (Å²) in [6, 6.07) is -1.11. The van der Waals surface area contributed by atoms with Gasteiger partial charge in [0.1, 0.15) is 0 Å². The first-order valence-electron chi connectivity index (χ1n) is 6.40. The highest BCUT2D eigenvalue weighted by molar-refractivity contribution is 7.98. The molecule has 2 amide bonds. The van der Waals surface area contributed by atoms with Gasteiger partial charge in [-0.25, -0.2) is 4.79 Å². The number of carbonyl (C=O) groups is 2. The molecule has 0 radical (unpaired) electrons. The number of hydrogen-bond donors (Lipinski definition) is 2. The third-order valence-corrected chi connectivity index (χ3v) is 3.78. The molecule has 1 fully saturated rings. The molecular formula is C12H21N2O3S-. The summed E-state index contributed by atoms with van der Waals surface area (Å²) in [6.45, 7) is 0. The van der Waals surface area contributed by atoms with Crippen molar-refractivity contribution in [3.05, 3.63) is 0 Å². The average molecular weight is 273 g/mol. The number of nitrogens with one attached hydrogen (secondary N) is 2. The van der Waals surface area contributed by atoms with Gasteiger partial charge < -0.3 is 20.5 Å². The van der Waals surface area contributed by atoms with Crippen LogP contribution in [0.15, 0.2) is 0 Å². The van der Waals surface area contributed by atoms with Crippen LogP contribution in [0.2, 0.25) is 0 Å². The zero-order valence-corrected chi connectivity index (χ0v) is 11.6. The van der Waals surface area contributed by atoms with Crippen LogP contribution in [0, 0.1) is 0 Å². The third kappa shape index (κ3) is 5.62. The van der Waals surface area contributed by atoms with Gasteiger partial charge in [0.25, 0.3) is 0 Å². The molecule has 0 bridgehead atoms. The highest BCUT2D eigenvalue weighted by atomic mass is 32.2. The number of rotatable bonds is 6. The van der Waals surface area contributed by atoms with E-state index in [1.807, 2.05) is 6.26 Å². The Labute approximate surface area is 112 Å². The van der Waals surface area contributed by atoms with Gasteiger partial charge in [-0.3, -0.25) is 0 Å². The van der Waals surface area contributed by atoms with Crippen molar-refractivity contribution in [2.24, 2.45) is 0 Å². The Balaban J connectivity index is 2.32. The number of hydrogen-bond acceptors (Lipinski definition) is 4. The second-order valence-corrected chi connectivity index (χ2v) is 5.59. The van der Waals surface area contributed by atoms with Gasteiger partial charge in [-0.2, -0.15) is 11.8 Å². The number of thioether (sulfide) groups is 1. The van der Waals surface area contributed by atoms with Crippen molar-refractivity contribution in [1.82, 2.24) is 10.6 Å². The van der Waals surface area contributed by atoms with Crippen LogP contribution >= 0.6 is 11.8 Å². The van der Waals surface area contributed by atoms with Crippen molar-refractivity contribution in [3.63, 3.8) is 0 Å². The predicted molar refractivity (Wildman–Crippen MR) is 70.3 cm³/mol. The molecule has 1 saturated carbocycles. The number of carboxylic acids is 1. The summed E-state index contributed by atoms with van der Waals surface area (Å²) in [5.41, 5.74) is 0. The van der Waals surface area contributed by atoms with E-state index in [9.17, 15) is 14.7 Å². The maximum atomic E-state index is 11.7. The molecule has 1 rings (SSSR count). The summed E-state index contributed by atoms with van der Waals surface area (Å²) in [7, 11) is 0. The first kappa shape index (κ1) is 15.1. The molecule has 1 aliphatic carbocycles. The lowest BCUT2D eigenvalue weighted by Gasteiger charge is -2.25. The molecule has 5 nitrogen and oxygen atoms in total. The summed E-state index contributed by atoms with van der Waals surface area (Å²) in [5, 5.41) is 16.2. The van der Waals surface area contributed by atoms with E-state index >= 15 is 0 Å². The minimum absolute atomic E-state index is 0.182. The summed E-state index contributed by atoms with van der Waals surface area (Å²) >= 11 is 1.55. The van der Waals surface area contributed by atoms with E-state index < -0.39 is 18.0 Å². The predicted octanol–water partition coefficient (Wildman–Crippen LogP) is 0.490. The number of aliphatic carboxylic acids is 1. The van der Waals surface area contributed by atoms with Crippen molar-refractivity contribution in [1.29, 1.82) is 0 Å². The SMILES string of the molecule is CSCC[C@@H](NC(=O)NC1CCCCC1)C(=O)[O-]. The Kier molecular flexibility index (Phi) is 6.93. The van der Waals surface area contributed by atoms with Gasteiger partial charge in [0.2, 0.25) is 0 Å². The zero-order valence-electron chi connectivity index (χ0n) is 10.7. The van der Waals surface area contributed by atoms with Crippen molar-refractivity contribution < 1.29 is 14.7 Å². The van der Waals surface area contributed by atoms with Gasteiger partial charge in [0.05, 0.1) is 12.0 Å². The second-order valence-electron chi connectivity index (χ2n) is 4.61. The normalized spacial score (nSPS) is 18.1. The fourth-order valence-electron chi connectivity index (χ4n) is 2.12. The Morgan fingerprint density at radius 2 is 2.00 bits per heavy atom. The highest BCUT2D eigenvalue weighted by Gasteiger charge is 2.18. The van der Waals surface area contributed by atoms with Crippen LogP contribution in [0.1, 0.15) is 38.5 Å². The van der Waals surface area contributed by atoms with Crippen molar-refractivity contribution in [2.75, 3.05) is 12.0 Å². The lowest BCUT2D eigenvalue weighted by Crippen LogP contribution is -2.53. The fourth-order valence-corrected chi connectivity index (χ4v) is 2.59. The van der Waals surface area contributed by atoms with E-state index in [2.05, 4.69) is 10.6 Å². The van der Waals surface area contributed by atoms with Gasteiger partial charge in [0, 0.05) is 6.04 Å². The minimum atomic E-state index is -1.22. The maximum Gasteiger partial charge on any atom is 0.315 e. The summed E-state index contributed by atoms with van der Waals surface area (Å²) in [6.07, 6.45) is 7.72. The summed E-state index contributed by atoms with van der Waals surface area (Å²) in [4.78, 5) is 22.5. The molecule has 104 valence electrons. The quantitative estimate of drug-likeness (QED) is 0.738. The molecule has 1 atom stereocenters. The molecule has 6 heteroatoms. The molecule has 0 aromatic heterocycles. The van der Waals surface area contributed by atoms with E-state index in [1.165, 1.54) is 6.42 Å². The molecule has 18 heavy (non-hydrogen) atoms. The van der Waals surface area contributed by atoms with Gasteiger partial charge in [-0.15, -0.1) is 0 Å². The molecule has 0 aromatic carbocycles. The number of carbonyl (C=O) groups excluding carboxylic acids is 2. The number of urea groups is 1. The monoisotopic (exact) mass is 273 g/mol. The molecular weight excluding hydrogens is 252 g/mol. The number of amides is 2. The molecule has 0 aromatic rings. The van der Waals surface area contributed by atoms with Crippen LogP contribution in [0.3, 0.4) is 0 Å². The molecule has 0 aliphatic heterocycles. The average Bonchev–Trinajstić information content (AvgIpc) is 2.35. The second kappa shape index (κ2) is 8.24. The summed E-state index contributed by atoms with van der Waals surface area (Å²) < 4.78 is 0. The lowest BCUT2D eigenvalue weighted by molar-refractivity contribution is -0.308. The largest absolute Gasteiger partial charge is 0.548 e. The molecule has 0 heterocycles. The van der Waals surface area contributed by atoms with Crippen molar-refractivity contribution in [2.45, 2.75) is 50.6 Å². The van der Waals surface area contributed by atoms with Gasteiger partial charge in [-0.05, 0) is 31.3 Å². The van der Waals surface area contributed by atoms with Crippen LogP contribution in [0.5, 0.6) is 0 Å². The molecule has 0 saturated heterocycles. The van der Waals surface area contributed by atoms with Crippen LogP contribution in [0.25, 0.3) is 0 Å². The third-order valence-electron chi connectivity index (χ3n) is 3.14. The Hall–Kier alpha value is -0.910. The Morgan fingerprint density at radius 1 is 1.33 bits per heavy atom. The van der Waals surface area contributed by atoms with Crippen LogP contribution in [-0.4, -0.2) is 36.1 Å². The van der Waals surface area contributed by atoms with Crippen molar-refractivity contribution in [3.8, 4) is 0 Å². The maximum absolute atomic E-state index is 11.7. The first-order chi connectivity index (χ1) is 8.63. The fraction of sp³-hybridized carbons (Fsp3) is 0.833. The van der Waals surface area contributed by atoms with Gasteiger partial charge in [0.15, 0.2) is 0 Å². The smallest absolute Gasteiger partial charge is 0.315 e. The highest BCUT2D eigenvalue weighted by Crippen LogP contribution is 2.17.